The zero-order chi connectivity index (χ0) is 24.5. The molecule has 0 radical (unpaired) electrons. The summed E-state index contributed by atoms with van der Waals surface area (Å²) in [5, 5.41) is 3.34. The summed E-state index contributed by atoms with van der Waals surface area (Å²) in [6.45, 7) is 7.65. The summed E-state index contributed by atoms with van der Waals surface area (Å²) < 4.78 is 2.11. The summed E-state index contributed by atoms with van der Waals surface area (Å²) in [5.74, 6) is 0.408. The fraction of sp³-hybridized carbons (Fsp3) is 0.538. The Labute approximate surface area is 212 Å². The number of thiocarbonyl (C=S) groups is 1. The van der Waals surface area contributed by atoms with Crippen molar-refractivity contribution >= 4 is 51.7 Å². The Hall–Kier alpha value is -2.19. The number of nitrogens with zero attached hydrogens (tertiary/aromatic N) is 3. The lowest BCUT2D eigenvalue weighted by molar-refractivity contribution is -0.122. The lowest BCUT2D eigenvalue weighted by Crippen LogP contribution is -2.29. The van der Waals surface area contributed by atoms with Crippen molar-refractivity contribution in [2.45, 2.75) is 78.6 Å². The summed E-state index contributed by atoms with van der Waals surface area (Å²) in [6, 6.07) is 3.78. The van der Waals surface area contributed by atoms with Crippen molar-refractivity contribution in [1.82, 2.24) is 14.3 Å². The highest BCUT2D eigenvalue weighted by molar-refractivity contribution is 8.26. The molecule has 0 saturated carbocycles. The third-order valence-electron chi connectivity index (χ3n) is 6.04. The standard InChI is InChI=1S/C26H36N4O2S2/c1-4-6-8-9-10-12-16-30-25(32)21(34-26(30)33)18-20-22(27-15-11-7-5-2)28-23-19(3)14-13-17-29(23)24(20)31/h13-14,17-18,27H,4-12,15-16H2,1-3H3. The van der Waals surface area contributed by atoms with Gasteiger partial charge in [-0.05, 0) is 37.5 Å². The topological polar surface area (TPSA) is 66.7 Å². The second kappa shape index (κ2) is 13.0. The van der Waals surface area contributed by atoms with Crippen molar-refractivity contribution in [2.75, 3.05) is 18.4 Å². The second-order valence-electron chi connectivity index (χ2n) is 8.80. The molecule has 3 rings (SSSR count). The summed E-state index contributed by atoms with van der Waals surface area (Å²) in [4.78, 5) is 33.5. The van der Waals surface area contributed by atoms with Crippen molar-refractivity contribution in [2.24, 2.45) is 0 Å². The molecule has 3 heterocycles. The number of hydrogen-bond acceptors (Lipinski definition) is 6. The number of unbranched alkanes of at least 4 members (excludes halogenated alkanes) is 7. The van der Waals surface area contributed by atoms with Crippen molar-refractivity contribution in [3.8, 4) is 0 Å². The van der Waals surface area contributed by atoms with Crippen molar-refractivity contribution in [3.05, 3.63) is 44.7 Å². The Morgan fingerprint density at radius 1 is 1.06 bits per heavy atom. The van der Waals surface area contributed by atoms with E-state index in [1.165, 1.54) is 37.4 Å². The van der Waals surface area contributed by atoms with Gasteiger partial charge in [0.25, 0.3) is 11.5 Å². The molecule has 1 saturated heterocycles. The van der Waals surface area contributed by atoms with Crippen LogP contribution in [0.1, 0.15) is 82.8 Å². The molecule has 0 aliphatic carbocycles. The van der Waals surface area contributed by atoms with Crippen LogP contribution in [0.4, 0.5) is 5.82 Å². The van der Waals surface area contributed by atoms with Gasteiger partial charge in [-0.25, -0.2) is 4.98 Å². The van der Waals surface area contributed by atoms with Gasteiger partial charge >= 0.3 is 0 Å². The number of thioether (sulfide) groups is 1. The first-order chi connectivity index (χ1) is 16.5. The van der Waals surface area contributed by atoms with E-state index < -0.39 is 0 Å². The molecule has 6 nitrogen and oxygen atoms in total. The van der Waals surface area contributed by atoms with Gasteiger partial charge in [0.1, 0.15) is 15.8 Å². The molecule has 2 aromatic rings. The second-order valence-corrected chi connectivity index (χ2v) is 10.5. The summed E-state index contributed by atoms with van der Waals surface area (Å²) in [5.41, 5.74) is 1.76. The molecule has 0 unspecified atom stereocenters. The molecule has 1 fully saturated rings. The predicted molar refractivity (Wildman–Crippen MR) is 147 cm³/mol. The van der Waals surface area contributed by atoms with Crippen LogP contribution in [0, 0.1) is 6.92 Å². The van der Waals surface area contributed by atoms with Gasteiger partial charge in [-0.2, -0.15) is 0 Å². The zero-order valence-corrected chi connectivity index (χ0v) is 22.2. The Bertz CT molecular complexity index is 1110. The fourth-order valence-electron chi connectivity index (χ4n) is 4.03. The molecule has 0 spiro atoms. The molecule has 0 aromatic carbocycles. The Morgan fingerprint density at radius 2 is 1.76 bits per heavy atom. The van der Waals surface area contributed by atoms with Crippen LogP contribution in [0.25, 0.3) is 11.7 Å². The number of aromatic nitrogens is 2. The van der Waals surface area contributed by atoms with Crippen molar-refractivity contribution in [3.63, 3.8) is 0 Å². The molecule has 1 aliphatic rings. The largest absolute Gasteiger partial charge is 0.369 e. The minimum atomic E-state index is -0.187. The van der Waals surface area contributed by atoms with E-state index in [9.17, 15) is 9.59 Å². The molecule has 0 atom stereocenters. The van der Waals surface area contributed by atoms with Crippen LogP contribution in [0.15, 0.2) is 28.0 Å². The molecule has 1 aliphatic heterocycles. The fourth-order valence-corrected chi connectivity index (χ4v) is 5.32. The van der Waals surface area contributed by atoms with Crippen LogP contribution in [0.5, 0.6) is 0 Å². The molecular formula is C26H36N4O2S2. The average Bonchev–Trinajstić information content (AvgIpc) is 3.09. The van der Waals surface area contributed by atoms with E-state index in [4.69, 9.17) is 17.2 Å². The van der Waals surface area contributed by atoms with E-state index in [1.54, 1.807) is 21.6 Å². The van der Waals surface area contributed by atoms with Gasteiger partial charge in [-0.1, -0.05) is 88.8 Å². The predicted octanol–water partition coefficient (Wildman–Crippen LogP) is 6.17. The monoisotopic (exact) mass is 500 g/mol. The Balaban J connectivity index is 1.84. The first kappa shape index (κ1) is 26.4. The molecule has 34 heavy (non-hydrogen) atoms. The number of rotatable bonds is 13. The van der Waals surface area contributed by atoms with E-state index in [0.717, 1.165) is 44.2 Å². The van der Waals surface area contributed by atoms with Crippen molar-refractivity contribution < 1.29 is 4.79 Å². The number of amides is 1. The highest BCUT2D eigenvalue weighted by atomic mass is 32.2. The number of fused-ring (bicyclic) bond motifs is 1. The first-order valence-corrected chi connectivity index (χ1v) is 13.7. The maximum absolute atomic E-state index is 13.4. The third kappa shape index (κ3) is 6.48. The van der Waals surface area contributed by atoms with Crippen LogP contribution in [-0.4, -0.2) is 37.6 Å². The van der Waals surface area contributed by atoms with Gasteiger partial charge in [0.15, 0.2) is 0 Å². The Morgan fingerprint density at radius 3 is 2.53 bits per heavy atom. The smallest absolute Gasteiger partial charge is 0.267 e. The van der Waals surface area contributed by atoms with Crippen LogP contribution in [0.3, 0.4) is 0 Å². The maximum atomic E-state index is 13.4. The number of hydrogen-bond donors (Lipinski definition) is 1. The van der Waals surface area contributed by atoms with E-state index in [0.29, 0.717) is 32.8 Å². The average molecular weight is 501 g/mol. The van der Waals surface area contributed by atoms with Gasteiger partial charge in [-0.15, -0.1) is 0 Å². The SMILES string of the molecule is CCCCCCCCN1C(=O)C(=Cc2c(NCCCCC)nc3c(C)cccn3c2=O)SC1=S. The number of anilines is 1. The Kier molecular flexibility index (Phi) is 10.1. The minimum Gasteiger partial charge on any atom is -0.369 e. The van der Waals surface area contributed by atoms with Crippen LogP contribution in [0.2, 0.25) is 0 Å². The third-order valence-corrected chi connectivity index (χ3v) is 7.42. The van der Waals surface area contributed by atoms with Gasteiger partial charge in [-0.3, -0.25) is 18.9 Å². The zero-order valence-electron chi connectivity index (χ0n) is 20.6. The van der Waals surface area contributed by atoms with Gasteiger partial charge < -0.3 is 5.32 Å². The van der Waals surface area contributed by atoms with Gasteiger partial charge in [0.05, 0.1) is 10.5 Å². The molecular weight excluding hydrogens is 464 g/mol. The number of carbonyl (C=O) groups is 1. The molecule has 8 heteroatoms. The highest BCUT2D eigenvalue weighted by Gasteiger charge is 2.32. The summed E-state index contributed by atoms with van der Waals surface area (Å²) in [6.07, 6.45) is 13.5. The number of carbonyl (C=O) groups excluding carboxylic acids is 1. The first-order valence-electron chi connectivity index (χ1n) is 12.5. The van der Waals surface area contributed by atoms with Gasteiger partial charge in [0, 0.05) is 19.3 Å². The quantitative estimate of drug-likeness (QED) is 0.202. The van der Waals surface area contributed by atoms with E-state index in [1.807, 2.05) is 19.1 Å². The number of nitrogens with one attached hydrogen (secondary N) is 1. The minimum absolute atomic E-state index is 0.116. The summed E-state index contributed by atoms with van der Waals surface area (Å²) in [7, 11) is 0. The molecule has 2 aromatic heterocycles. The lowest BCUT2D eigenvalue weighted by Gasteiger charge is -2.14. The van der Waals surface area contributed by atoms with Gasteiger partial charge in [0.2, 0.25) is 0 Å². The lowest BCUT2D eigenvalue weighted by atomic mass is 10.1. The van der Waals surface area contributed by atoms with Crippen molar-refractivity contribution in [1.29, 1.82) is 0 Å². The molecule has 1 N–H and O–H groups in total. The molecule has 0 bridgehead atoms. The van der Waals surface area contributed by atoms with Crippen LogP contribution >= 0.6 is 24.0 Å². The van der Waals surface area contributed by atoms with Crippen LogP contribution < -0.4 is 10.9 Å². The normalized spacial score (nSPS) is 15.1. The highest BCUT2D eigenvalue weighted by Crippen LogP contribution is 2.33. The number of aryl methyl sites for hydroxylation is 1. The van der Waals surface area contributed by atoms with Crippen LogP contribution in [-0.2, 0) is 4.79 Å². The summed E-state index contributed by atoms with van der Waals surface area (Å²) >= 11 is 6.77. The number of pyridine rings is 1. The molecule has 184 valence electrons. The molecule has 1 amide bonds. The maximum Gasteiger partial charge on any atom is 0.267 e. The van der Waals surface area contributed by atoms with E-state index >= 15 is 0 Å². The van der Waals surface area contributed by atoms with E-state index in [-0.39, 0.29) is 11.5 Å². The van der Waals surface area contributed by atoms with E-state index in [2.05, 4.69) is 19.2 Å².